The molecule has 0 aromatic rings. The lowest BCUT2D eigenvalue weighted by Gasteiger charge is -2.30. The van der Waals surface area contributed by atoms with E-state index in [0.717, 1.165) is 19.4 Å². The number of nitrogens with two attached hydrogens (primary N) is 1. The third-order valence-corrected chi connectivity index (χ3v) is 2.89. The summed E-state index contributed by atoms with van der Waals surface area (Å²) in [7, 11) is 0. The zero-order valence-electron chi connectivity index (χ0n) is 10.6. The summed E-state index contributed by atoms with van der Waals surface area (Å²) in [5.41, 5.74) is 5.11. The van der Waals surface area contributed by atoms with Crippen LogP contribution in [0.5, 0.6) is 0 Å². The Morgan fingerprint density at radius 1 is 1.29 bits per heavy atom. The molecule has 5 nitrogen and oxygen atoms in total. The number of hydrogen-bond donors (Lipinski definition) is 1. The standard InChI is InChI=1S/C12H23NO4/c1-2-3-6-15-9-10-17-11(14)12(13)4-7-16-8-5-12/h2-10,13H2,1H3. The molecule has 100 valence electrons. The average Bonchev–Trinajstić information content (AvgIpc) is 2.34. The van der Waals surface area contributed by atoms with Crippen LogP contribution in [0.3, 0.4) is 0 Å². The molecule has 0 radical (unpaired) electrons. The van der Waals surface area contributed by atoms with E-state index in [2.05, 4.69) is 6.92 Å². The van der Waals surface area contributed by atoms with Crippen LogP contribution < -0.4 is 5.73 Å². The topological polar surface area (TPSA) is 70.8 Å². The zero-order valence-corrected chi connectivity index (χ0v) is 10.6. The van der Waals surface area contributed by atoms with Gasteiger partial charge in [-0.1, -0.05) is 13.3 Å². The minimum Gasteiger partial charge on any atom is -0.462 e. The second kappa shape index (κ2) is 7.63. The molecule has 0 saturated carbocycles. The Bertz CT molecular complexity index is 227. The van der Waals surface area contributed by atoms with Crippen LogP contribution >= 0.6 is 0 Å². The molecule has 0 bridgehead atoms. The molecular formula is C12H23NO4. The highest BCUT2D eigenvalue weighted by molar-refractivity contribution is 5.80. The third-order valence-electron chi connectivity index (χ3n) is 2.89. The second-order valence-electron chi connectivity index (χ2n) is 4.37. The molecule has 0 amide bonds. The van der Waals surface area contributed by atoms with Crippen molar-refractivity contribution in [2.45, 2.75) is 38.1 Å². The first-order chi connectivity index (χ1) is 8.19. The van der Waals surface area contributed by atoms with Crippen LogP contribution in [0.1, 0.15) is 32.6 Å². The maximum Gasteiger partial charge on any atom is 0.326 e. The largest absolute Gasteiger partial charge is 0.462 e. The molecule has 5 heteroatoms. The van der Waals surface area contributed by atoms with Crippen molar-refractivity contribution in [2.24, 2.45) is 5.73 Å². The van der Waals surface area contributed by atoms with Crippen molar-refractivity contribution in [1.29, 1.82) is 0 Å². The van der Waals surface area contributed by atoms with Crippen molar-refractivity contribution in [3.05, 3.63) is 0 Å². The van der Waals surface area contributed by atoms with E-state index >= 15 is 0 Å². The Labute approximate surface area is 103 Å². The van der Waals surface area contributed by atoms with Gasteiger partial charge in [-0.2, -0.15) is 0 Å². The molecule has 1 aliphatic rings. The van der Waals surface area contributed by atoms with Gasteiger partial charge in [-0.15, -0.1) is 0 Å². The molecule has 0 atom stereocenters. The summed E-state index contributed by atoms with van der Waals surface area (Å²) in [6, 6.07) is 0. The van der Waals surface area contributed by atoms with Crippen LogP contribution in [-0.2, 0) is 19.0 Å². The van der Waals surface area contributed by atoms with Gasteiger partial charge in [0.25, 0.3) is 0 Å². The van der Waals surface area contributed by atoms with Gasteiger partial charge in [0.1, 0.15) is 12.1 Å². The van der Waals surface area contributed by atoms with E-state index in [-0.39, 0.29) is 12.6 Å². The minimum atomic E-state index is -0.859. The van der Waals surface area contributed by atoms with E-state index in [1.807, 2.05) is 0 Å². The number of carbonyl (C=O) groups excluding carboxylic acids is 1. The van der Waals surface area contributed by atoms with Crippen LogP contribution in [0.25, 0.3) is 0 Å². The quantitative estimate of drug-likeness (QED) is 0.532. The number of unbranched alkanes of at least 4 members (excludes halogenated alkanes) is 1. The number of carbonyl (C=O) groups is 1. The maximum atomic E-state index is 11.8. The molecule has 1 saturated heterocycles. The fourth-order valence-corrected chi connectivity index (χ4v) is 1.63. The third kappa shape index (κ3) is 5.02. The average molecular weight is 245 g/mol. The first-order valence-corrected chi connectivity index (χ1v) is 6.30. The molecule has 17 heavy (non-hydrogen) atoms. The molecule has 0 unspecified atom stereocenters. The normalized spacial score (nSPS) is 18.9. The molecular weight excluding hydrogens is 222 g/mol. The Morgan fingerprint density at radius 2 is 2.00 bits per heavy atom. The van der Waals surface area contributed by atoms with E-state index in [1.54, 1.807) is 0 Å². The molecule has 0 aliphatic carbocycles. The fraction of sp³-hybridized carbons (Fsp3) is 0.917. The summed E-state index contributed by atoms with van der Waals surface area (Å²) in [5, 5.41) is 0. The van der Waals surface area contributed by atoms with Crippen molar-refractivity contribution in [3.63, 3.8) is 0 Å². The van der Waals surface area contributed by atoms with Crippen molar-refractivity contribution >= 4 is 5.97 Å². The predicted molar refractivity (Wildman–Crippen MR) is 63.7 cm³/mol. The maximum absolute atomic E-state index is 11.8. The van der Waals surface area contributed by atoms with Gasteiger partial charge < -0.3 is 19.9 Å². The molecule has 0 aromatic carbocycles. The van der Waals surface area contributed by atoms with Gasteiger partial charge in [0.2, 0.25) is 0 Å². The molecule has 0 spiro atoms. The van der Waals surface area contributed by atoms with Crippen LogP contribution in [0, 0.1) is 0 Å². The van der Waals surface area contributed by atoms with E-state index < -0.39 is 5.54 Å². The Kier molecular flexibility index (Phi) is 6.47. The van der Waals surface area contributed by atoms with E-state index in [9.17, 15) is 4.79 Å². The summed E-state index contributed by atoms with van der Waals surface area (Å²) >= 11 is 0. The molecule has 0 aromatic heterocycles. The lowest BCUT2D eigenvalue weighted by Crippen LogP contribution is -2.53. The van der Waals surface area contributed by atoms with Crippen molar-refractivity contribution in [2.75, 3.05) is 33.0 Å². The monoisotopic (exact) mass is 245 g/mol. The molecule has 1 heterocycles. The van der Waals surface area contributed by atoms with Crippen LogP contribution in [0.2, 0.25) is 0 Å². The fourth-order valence-electron chi connectivity index (χ4n) is 1.63. The van der Waals surface area contributed by atoms with Gasteiger partial charge in [0, 0.05) is 19.8 Å². The lowest BCUT2D eigenvalue weighted by molar-refractivity contribution is -0.155. The number of ether oxygens (including phenoxy) is 3. The summed E-state index contributed by atoms with van der Waals surface area (Å²) in [6.07, 6.45) is 3.20. The van der Waals surface area contributed by atoms with Crippen LogP contribution in [-0.4, -0.2) is 44.5 Å². The van der Waals surface area contributed by atoms with Gasteiger partial charge >= 0.3 is 5.97 Å². The minimum absolute atomic E-state index is 0.280. The highest BCUT2D eigenvalue weighted by atomic mass is 16.6. The molecule has 1 fully saturated rings. The molecule has 1 rings (SSSR count). The zero-order chi connectivity index (χ0) is 12.6. The Hall–Kier alpha value is -0.650. The number of hydrogen-bond acceptors (Lipinski definition) is 5. The number of rotatable bonds is 7. The van der Waals surface area contributed by atoms with E-state index in [0.29, 0.717) is 32.7 Å². The first-order valence-electron chi connectivity index (χ1n) is 6.30. The summed E-state index contributed by atoms with van der Waals surface area (Å²) < 4.78 is 15.6. The van der Waals surface area contributed by atoms with E-state index in [1.165, 1.54) is 0 Å². The van der Waals surface area contributed by atoms with Crippen molar-refractivity contribution in [3.8, 4) is 0 Å². The van der Waals surface area contributed by atoms with Gasteiger partial charge in [-0.3, -0.25) is 4.79 Å². The van der Waals surface area contributed by atoms with Crippen molar-refractivity contribution in [1.82, 2.24) is 0 Å². The highest BCUT2D eigenvalue weighted by Gasteiger charge is 2.37. The van der Waals surface area contributed by atoms with Gasteiger partial charge in [-0.05, 0) is 19.3 Å². The summed E-state index contributed by atoms with van der Waals surface area (Å²) in [6.45, 7) is 4.60. The van der Waals surface area contributed by atoms with Crippen LogP contribution in [0.4, 0.5) is 0 Å². The highest BCUT2D eigenvalue weighted by Crippen LogP contribution is 2.19. The number of esters is 1. The SMILES string of the molecule is CCCCOCCOC(=O)C1(N)CCOCC1. The van der Waals surface area contributed by atoms with Gasteiger partial charge in [-0.25, -0.2) is 0 Å². The van der Waals surface area contributed by atoms with E-state index in [4.69, 9.17) is 19.9 Å². The smallest absolute Gasteiger partial charge is 0.326 e. The molecule has 2 N–H and O–H groups in total. The van der Waals surface area contributed by atoms with Gasteiger partial charge in [0.05, 0.1) is 6.61 Å². The summed E-state index contributed by atoms with van der Waals surface area (Å²) in [4.78, 5) is 11.8. The van der Waals surface area contributed by atoms with Crippen molar-refractivity contribution < 1.29 is 19.0 Å². The Balaban J connectivity index is 2.11. The summed E-state index contributed by atoms with van der Waals surface area (Å²) in [5.74, 6) is -0.333. The Morgan fingerprint density at radius 3 is 2.65 bits per heavy atom. The molecule has 1 aliphatic heterocycles. The lowest BCUT2D eigenvalue weighted by atomic mass is 9.92. The second-order valence-corrected chi connectivity index (χ2v) is 4.37. The van der Waals surface area contributed by atoms with Crippen LogP contribution in [0.15, 0.2) is 0 Å². The first kappa shape index (κ1) is 14.4. The predicted octanol–water partition coefficient (Wildman–Crippen LogP) is 0.854. The van der Waals surface area contributed by atoms with Gasteiger partial charge in [0.15, 0.2) is 0 Å².